The molecular formula is C18H22FN3O3. The van der Waals surface area contributed by atoms with Crippen LogP contribution in [0.15, 0.2) is 24.3 Å². The summed E-state index contributed by atoms with van der Waals surface area (Å²) >= 11 is 0. The fourth-order valence-electron chi connectivity index (χ4n) is 2.39. The average Bonchev–Trinajstić information content (AvgIpc) is 2.85. The molecular weight excluding hydrogens is 325 g/mol. The number of carboxylic acids is 1. The summed E-state index contributed by atoms with van der Waals surface area (Å²) in [6.45, 7) is 7.01. The number of benzene rings is 1. The van der Waals surface area contributed by atoms with Gasteiger partial charge in [-0.1, -0.05) is 0 Å². The van der Waals surface area contributed by atoms with E-state index in [9.17, 15) is 14.0 Å². The van der Waals surface area contributed by atoms with Crippen molar-refractivity contribution >= 4 is 11.9 Å². The zero-order valence-electron chi connectivity index (χ0n) is 14.8. The summed E-state index contributed by atoms with van der Waals surface area (Å²) < 4.78 is 15.9. The molecule has 1 amide bonds. The lowest BCUT2D eigenvalue weighted by atomic mass is 9.90. The molecule has 0 bridgehead atoms. The standard InChI is InChI=1S/C18H22FN3O3/c1-11-9-12(2)22(21-11)15-6-5-13(10-14(15)19)16(23)20-8-7-18(3,4)17(24)25/h5-6,9-10H,7-8H2,1-4H3,(H,20,23)(H,24,25). The number of hydrogen-bond acceptors (Lipinski definition) is 3. The monoisotopic (exact) mass is 347 g/mol. The molecule has 1 aromatic heterocycles. The zero-order chi connectivity index (χ0) is 18.8. The number of nitrogens with one attached hydrogen (secondary N) is 1. The maximum absolute atomic E-state index is 14.4. The Labute approximate surface area is 145 Å². The molecule has 0 radical (unpaired) electrons. The quantitative estimate of drug-likeness (QED) is 0.841. The van der Waals surface area contributed by atoms with Gasteiger partial charge in [0, 0.05) is 17.8 Å². The van der Waals surface area contributed by atoms with Gasteiger partial charge in [-0.05, 0) is 58.4 Å². The van der Waals surface area contributed by atoms with E-state index in [4.69, 9.17) is 5.11 Å². The minimum Gasteiger partial charge on any atom is -0.481 e. The number of aryl methyl sites for hydroxylation is 2. The van der Waals surface area contributed by atoms with Crippen LogP contribution in [0.25, 0.3) is 5.69 Å². The predicted molar refractivity (Wildman–Crippen MR) is 91.4 cm³/mol. The van der Waals surface area contributed by atoms with Crippen molar-refractivity contribution < 1.29 is 19.1 Å². The largest absolute Gasteiger partial charge is 0.481 e. The van der Waals surface area contributed by atoms with Crippen molar-refractivity contribution in [2.24, 2.45) is 5.41 Å². The van der Waals surface area contributed by atoms with Crippen molar-refractivity contribution in [2.75, 3.05) is 6.54 Å². The van der Waals surface area contributed by atoms with Crippen LogP contribution in [0.4, 0.5) is 4.39 Å². The van der Waals surface area contributed by atoms with E-state index in [1.807, 2.05) is 19.9 Å². The topological polar surface area (TPSA) is 84.2 Å². The van der Waals surface area contributed by atoms with Crippen molar-refractivity contribution in [1.82, 2.24) is 15.1 Å². The Bertz CT molecular complexity index is 812. The van der Waals surface area contributed by atoms with Crippen LogP contribution < -0.4 is 5.32 Å². The Hall–Kier alpha value is -2.70. The lowest BCUT2D eigenvalue weighted by molar-refractivity contribution is -0.147. The van der Waals surface area contributed by atoms with Gasteiger partial charge in [-0.2, -0.15) is 5.10 Å². The highest BCUT2D eigenvalue weighted by Crippen LogP contribution is 2.20. The van der Waals surface area contributed by atoms with Crippen LogP contribution >= 0.6 is 0 Å². The molecule has 0 saturated heterocycles. The van der Waals surface area contributed by atoms with Gasteiger partial charge in [-0.25, -0.2) is 9.07 Å². The Balaban J connectivity index is 2.08. The molecule has 0 spiro atoms. The first-order valence-corrected chi connectivity index (χ1v) is 7.96. The lowest BCUT2D eigenvalue weighted by Crippen LogP contribution is -2.32. The molecule has 1 aromatic carbocycles. The van der Waals surface area contributed by atoms with Gasteiger partial charge in [0.1, 0.15) is 11.5 Å². The molecule has 0 aliphatic rings. The maximum atomic E-state index is 14.4. The second-order valence-corrected chi connectivity index (χ2v) is 6.70. The van der Waals surface area contributed by atoms with Crippen LogP contribution in [0.3, 0.4) is 0 Å². The predicted octanol–water partition coefficient (Wildman–Crippen LogP) is 2.86. The van der Waals surface area contributed by atoms with Crippen molar-refractivity contribution in [1.29, 1.82) is 0 Å². The smallest absolute Gasteiger partial charge is 0.309 e. The van der Waals surface area contributed by atoms with Gasteiger partial charge in [0.05, 0.1) is 11.1 Å². The number of carboxylic acid groups (broad SMARTS) is 1. The number of aliphatic carboxylic acids is 1. The third-order valence-corrected chi connectivity index (χ3v) is 4.06. The minimum atomic E-state index is -0.933. The van der Waals surface area contributed by atoms with Crippen molar-refractivity contribution in [3.05, 3.63) is 47.0 Å². The molecule has 0 aliphatic heterocycles. The van der Waals surface area contributed by atoms with Crippen molar-refractivity contribution in [2.45, 2.75) is 34.1 Å². The summed E-state index contributed by atoms with van der Waals surface area (Å²) in [5, 5.41) is 15.9. The summed E-state index contributed by atoms with van der Waals surface area (Å²) in [7, 11) is 0. The van der Waals surface area contributed by atoms with Gasteiger partial charge in [0.2, 0.25) is 0 Å². The molecule has 134 valence electrons. The normalized spacial score (nSPS) is 11.4. The molecule has 0 unspecified atom stereocenters. The highest BCUT2D eigenvalue weighted by Gasteiger charge is 2.26. The molecule has 1 heterocycles. The van der Waals surface area contributed by atoms with Crippen LogP contribution in [-0.2, 0) is 4.79 Å². The van der Waals surface area contributed by atoms with E-state index in [0.717, 1.165) is 17.5 Å². The molecule has 6 nitrogen and oxygen atoms in total. The second-order valence-electron chi connectivity index (χ2n) is 6.70. The van der Waals surface area contributed by atoms with E-state index in [1.54, 1.807) is 13.8 Å². The summed E-state index contributed by atoms with van der Waals surface area (Å²) in [5.74, 6) is -1.92. The summed E-state index contributed by atoms with van der Waals surface area (Å²) in [6.07, 6.45) is 0.278. The number of halogens is 1. The minimum absolute atomic E-state index is 0.177. The van der Waals surface area contributed by atoms with Crippen LogP contribution in [0.2, 0.25) is 0 Å². The molecule has 2 rings (SSSR count). The maximum Gasteiger partial charge on any atom is 0.309 e. The fourth-order valence-corrected chi connectivity index (χ4v) is 2.39. The van der Waals surface area contributed by atoms with E-state index < -0.39 is 23.1 Å². The van der Waals surface area contributed by atoms with Gasteiger partial charge in [-0.3, -0.25) is 9.59 Å². The Morgan fingerprint density at radius 2 is 1.96 bits per heavy atom. The summed E-state index contributed by atoms with van der Waals surface area (Å²) in [5.41, 5.74) is 1.09. The average molecular weight is 347 g/mol. The molecule has 0 atom stereocenters. The van der Waals surface area contributed by atoms with Crippen LogP contribution in [0.1, 0.15) is 42.0 Å². The first-order valence-electron chi connectivity index (χ1n) is 7.96. The number of aromatic nitrogens is 2. The number of amides is 1. The zero-order valence-corrected chi connectivity index (χ0v) is 14.8. The van der Waals surface area contributed by atoms with Crippen LogP contribution in [0.5, 0.6) is 0 Å². The van der Waals surface area contributed by atoms with E-state index in [0.29, 0.717) is 0 Å². The van der Waals surface area contributed by atoms with Crippen molar-refractivity contribution in [3.63, 3.8) is 0 Å². The van der Waals surface area contributed by atoms with E-state index in [1.165, 1.54) is 16.8 Å². The third kappa shape index (κ3) is 4.23. The molecule has 0 saturated carbocycles. The number of carbonyl (C=O) groups is 2. The summed E-state index contributed by atoms with van der Waals surface area (Å²) in [4.78, 5) is 23.2. The Morgan fingerprint density at radius 1 is 1.28 bits per heavy atom. The molecule has 0 fully saturated rings. The summed E-state index contributed by atoms with van der Waals surface area (Å²) in [6, 6.07) is 6.02. The Morgan fingerprint density at radius 3 is 2.48 bits per heavy atom. The molecule has 0 aliphatic carbocycles. The van der Waals surface area contributed by atoms with E-state index in [-0.39, 0.29) is 24.2 Å². The SMILES string of the molecule is Cc1cc(C)n(-c2ccc(C(=O)NCCC(C)(C)C(=O)O)cc2F)n1. The number of rotatable bonds is 6. The third-order valence-electron chi connectivity index (χ3n) is 4.06. The molecule has 7 heteroatoms. The molecule has 2 N–H and O–H groups in total. The van der Waals surface area contributed by atoms with E-state index in [2.05, 4.69) is 10.4 Å². The van der Waals surface area contributed by atoms with Gasteiger partial charge >= 0.3 is 5.97 Å². The van der Waals surface area contributed by atoms with Crippen LogP contribution in [0, 0.1) is 25.1 Å². The van der Waals surface area contributed by atoms with Gasteiger partial charge in [0.25, 0.3) is 5.91 Å². The van der Waals surface area contributed by atoms with E-state index >= 15 is 0 Å². The van der Waals surface area contributed by atoms with Gasteiger partial charge < -0.3 is 10.4 Å². The molecule has 25 heavy (non-hydrogen) atoms. The highest BCUT2D eigenvalue weighted by molar-refractivity contribution is 5.94. The van der Waals surface area contributed by atoms with Gasteiger partial charge in [-0.15, -0.1) is 0 Å². The van der Waals surface area contributed by atoms with Crippen LogP contribution in [-0.4, -0.2) is 33.3 Å². The number of carbonyl (C=O) groups excluding carboxylic acids is 1. The van der Waals surface area contributed by atoms with Crippen molar-refractivity contribution in [3.8, 4) is 5.69 Å². The lowest BCUT2D eigenvalue weighted by Gasteiger charge is -2.18. The number of hydrogen-bond donors (Lipinski definition) is 2. The molecule has 2 aromatic rings. The second kappa shape index (κ2) is 7.04. The number of nitrogens with zero attached hydrogens (tertiary/aromatic N) is 2. The first-order chi connectivity index (χ1) is 11.6. The fraction of sp³-hybridized carbons (Fsp3) is 0.389. The highest BCUT2D eigenvalue weighted by atomic mass is 19.1. The Kier molecular flexibility index (Phi) is 5.25. The van der Waals surface area contributed by atoms with Gasteiger partial charge in [0.15, 0.2) is 0 Å². The first kappa shape index (κ1) is 18.6.